The monoisotopic (exact) mass is 171 g/mol. The second-order valence-electron chi connectivity index (χ2n) is 2.28. The molecule has 0 spiro atoms. The zero-order valence-corrected chi connectivity index (χ0v) is 7.12. The number of thioether (sulfide) groups is 1. The first-order valence-corrected chi connectivity index (χ1v) is 4.66. The van der Waals surface area contributed by atoms with Crippen molar-refractivity contribution in [2.24, 2.45) is 0 Å². The van der Waals surface area contributed by atoms with Gasteiger partial charge in [-0.25, -0.2) is 4.39 Å². The summed E-state index contributed by atoms with van der Waals surface area (Å²) < 4.78 is 12.9. The summed E-state index contributed by atoms with van der Waals surface area (Å²) >= 11 is 1.59. The SMILES string of the molecule is CSCc1ccc(N)cc1F. The van der Waals surface area contributed by atoms with Gasteiger partial charge in [0.15, 0.2) is 0 Å². The lowest BCUT2D eigenvalue weighted by atomic mass is 10.2. The van der Waals surface area contributed by atoms with Crippen LogP contribution < -0.4 is 5.73 Å². The molecule has 60 valence electrons. The van der Waals surface area contributed by atoms with Crippen LogP contribution in [0.5, 0.6) is 0 Å². The molecule has 0 heterocycles. The molecule has 0 saturated heterocycles. The lowest BCUT2D eigenvalue weighted by Gasteiger charge is -2.00. The summed E-state index contributed by atoms with van der Waals surface area (Å²) in [5.74, 6) is 0.492. The number of halogens is 1. The van der Waals surface area contributed by atoms with Gasteiger partial charge < -0.3 is 5.73 Å². The quantitative estimate of drug-likeness (QED) is 0.691. The Balaban J connectivity index is 2.90. The first-order valence-electron chi connectivity index (χ1n) is 3.27. The Bertz CT molecular complexity index is 250. The Morgan fingerprint density at radius 2 is 2.27 bits per heavy atom. The van der Waals surface area contributed by atoms with Crippen molar-refractivity contribution in [2.45, 2.75) is 5.75 Å². The maximum atomic E-state index is 12.9. The molecule has 0 radical (unpaired) electrons. The van der Waals surface area contributed by atoms with E-state index in [2.05, 4.69) is 0 Å². The smallest absolute Gasteiger partial charge is 0.129 e. The minimum absolute atomic E-state index is 0.209. The summed E-state index contributed by atoms with van der Waals surface area (Å²) in [6, 6.07) is 4.79. The largest absolute Gasteiger partial charge is 0.399 e. The van der Waals surface area contributed by atoms with Crippen LogP contribution in [0, 0.1) is 5.82 Å². The van der Waals surface area contributed by atoms with Gasteiger partial charge in [0.1, 0.15) is 5.82 Å². The Labute approximate surface area is 69.8 Å². The van der Waals surface area contributed by atoms with Gasteiger partial charge in [-0.05, 0) is 24.0 Å². The number of hydrogen-bond donors (Lipinski definition) is 1. The molecule has 3 heteroatoms. The van der Waals surface area contributed by atoms with Crippen LogP contribution in [-0.4, -0.2) is 6.26 Å². The molecule has 0 aliphatic carbocycles. The number of nitrogens with two attached hydrogens (primary N) is 1. The highest BCUT2D eigenvalue weighted by atomic mass is 32.2. The van der Waals surface area contributed by atoms with Crippen LogP contribution in [0.15, 0.2) is 18.2 Å². The lowest BCUT2D eigenvalue weighted by molar-refractivity contribution is 0.618. The van der Waals surface area contributed by atoms with Crippen molar-refractivity contribution in [2.75, 3.05) is 12.0 Å². The molecular formula is C8H10FNS. The molecule has 0 aromatic heterocycles. The fourth-order valence-corrected chi connectivity index (χ4v) is 1.38. The summed E-state index contributed by atoms with van der Waals surface area (Å²) in [6.07, 6.45) is 1.94. The fraction of sp³-hybridized carbons (Fsp3) is 0.250. The van der Waals surface area contributed by atoms with Gasteiger partial charge in [0.05, 0.1) is 0 Å². The first-order chi connectivity index (χ1) is 5.24. The summed E-state index contributed by atoms with van der Waals surface area (Å²) in [5.41, 5.74) is 6.57. The summed E-state index contributed by atoms with van der Waals surface area (Å²) in [5, 5.41) is 0. The second-order valence-corrected chi connectivity index (χ2v) is 3.15. The normalized spacial score (nSPS) is 10.0. The van der Waals surface area contributed by atoms with Gasteiger partial charge in [-0.1, -0.05) is 6.07 Å². The third-order valence-electron chi connectivity index (χ3n) is 1.38. The zero-order valence-electron chi connectivity index (χ0n) is 6.30. The van der Waals surface area contributed by atoms with E-state index in [-0.39, 0.29) is 5.82 Å². The van der Waals surface area contributed by atoms with Crippen LogP contribution in [0.2, 0.25) is 0 Å². The van der Waals surface area contributed by atoms with E-state index in [1.54, 1.807) is 23.9 Å². The standard InChI is InChI=1S/C8H10FNS/c1-11-5-6-2-3-7(10)4-8(6)9/h2-4H,5,10H2,1H3. The molecule has 0 bridgehead atoms. The first kappa shape index (κ1) is 8.40. The molecule has 0 aliphatic rings. The molecule has 1 aromatic carbocycles. The number of hydrogen-bond acceptors (Lipinski definition) is 2. The third kappa shape index (κ3) is 2.12. The van der Waals surface area contributed by atoms with E-state index >= 15 is 0 Å². The molecule has 0 atom stereocenters. The van der Waals surface area contributed by atoms with E-state index in [0.717, 1.165) is 0 Å². The Kier molecular flexibility index (Phi) is 2.76. The van der Waals surface area contributed by atoms with Gasteiger partial charge in [0, 0.05) is 11.4 Å². The van der Waals surface area contributed by atoms with Crippen molar-refractivity contribution in [3.63, 3.8) is 0 Å². The number of benzene rings is 1. The van der Waals surface area contributed by atoms with Crippen LogP contribution in [0.4, 0.5) is 10.1 Å². The fourth-order valence-electron chi connectivity index (χ4n) is 0.836. The highest BCUT2D eigenvalue weighted by molar-refractivity contribution is 7.97. The summed E-state index contributed by atoms with van der Waals surface area (Å²) in [6.45, 7) is 0. The minimum atomic E-state index is -0.209. The molecule has 0 fully saturated rings. The van der Waals surface area contributed by atoms with Crippen molar-refractivity contribution in [1.82, 2.24) is 0 Å². The van der Waals surface area contributed by atoms with Gasteiger partial charge in [-0.15, -0.1) is 0 Å². The maximum Gasteiger partial charge on any atom is 0.129 e. The van der Waals surface area contributed by atoms with Crippen LogP contribution in [0.1, 0.15) is 5.56 Å². The van der Waals surface area contributed by atoms with Crippen LogP contribution in [0.3, 0.4) is 0 Å². The molecule has 0 amide bonds. The molecule has 11 heavy (non-hydrogen) atoms. The van der Waals surface area contributed by atoms with Crippen LogP contribution >= 0.6 is 11.8 Å². The Hall–Kier alpha value is -0.700. The zero-order chi connectivity index (χ0) is 8.27. The van der Waals surface area contributed by atoms with E-state index in [4.69, 9.17) is 5.73 Å². The van der Waals surface area contributed by atoms with E-state index in [0.29, 0.717) is 17.0 Å². The predicted octanol–water partition coefficient (Wildman–Crippen LogP) is 2.27. The molecule has 2 N–H and O–H groups in total. The molecule has 1 nitrogen and oxygen atoms in total. The Morgan fingerprint density at radius 1 is 1.55 bits per heavy atom. The van der Waals surface area contributed by atoms with Crippen molar-refractivity contribution in [3.8, 4) is 0 Å². The maximum absolute atomic E-state index is 12.9. The average Bonchev–Trinajstić information content (AvgIpc) is 1.95. The Morgan fingerprint density at radius 3 is 2.82 bits per heavy atom. The average molecular weight is 171 g/mol. The van der Waals surface area contributed by atoms with Gasteiger partial charge in [0.2, 0.25) is 0 Å². The number of nitrogen functional groups attached to an aromatic ring is 1. The van der Waals surface area contributed by atoms with E-state index in [9.17, 15) is 4.39 Å². The van der Waals surface area contributed by atoms with Crippen molar-refractivity contribution in [1.29, 1.82) is 0 Å². The van der Waals surface area contributed by atoms with Gasteiger partial charge in [-0.2, -0.15) is 11.8 Å². The van der Waals surface area contributed by atoms with Crippen molar-refractivity contribution < 1.29 is 4.39 Å². The van der Waals surface area contributed by atoms with Gasteiger partial charge in [-0.3, -0.25) is 0 Å². The van der Waals surface area contributed by atoms with Crippen LogP contribution in [-0.2, 0) is 5.75 Å². The minimum Gasteiger partial charge on any atom is -0.399 e. The summed E-state index contributed by atoms with van der Waals surface area (Å²) in [7, 11) is 0. The van der Waals surface area contributed by atoms with E-state index in [1.807, 2.05) is 6.26 Å². The predicted molar refractivity (Wildman–Crippen MR) is 48.0 cm³/mol. The second kappa shape index (κ2) is 3.62. The van der Waals surface area contributed by atoms with Crippen molar-refractivity contribution >= 4 is 17.4 Å². The number of rotatable bonds is 2. The summed E-state index contributed by atoms with van der Waals surface area (Å²) in [4.78, 5) is 0. The lowest BCUT2D eigenvalue weighted by Crippen LogP contribution is -1.90. The highest BCUT2D eigenvalue weighted by Gasteiger charge is 1.99. The molecule has 1 rings (SSSR count). The van der Waals surface area contributed by atoms with E-state index < -0.39 is 0 Å². The molecule has 0 saturated carbocycles. The topological polar surface area (TPSA) is 26.0 Å². The molecular weight excluding hydrogens is 161 g/mol. The molecule has 0 unspecified atom stereocenters. The van der Waals surface area contributed by atoms with Crippen molar-refractivity contribution in [3.05, 3.63) is 29.6 Å². The molecule has 0 aliphatic heterocycles. The van der Waals surface area contributed by atoms with E-state index in [1.165, 1.54) is 6.07 Å². The van der Waals surface area contributed by atoms with Crippen LogP contribution in [0.25, 0.3) is 0 Å². The van der Waals surface area contributed by atoms with Gasteiger partial charge >= 0.3 is 0 Å². The highest BCUT2D eigenvalue weighted by Crippen LogP contribution is 2.15. The van der Waals surface area contributed by atoms with Gasteiger partial charge in [0.25, 0.3) is 0 Å². The number of anilines is 1. The third-order valence-corrected chi connectivity index (χ3v) is 1.98. The molecule has 1 aromatic rings.